The third kappa shape index (κ3) is 5.05. The predicted molar refractivity (Wildman–Crippen MR) is 71.0 cm³/mol. The lowest BCUT2D eigenvalue weighted by atomic mass is 10.2. The Hall–Kier alpha value is 0.01000. The van der Waals surface area contributed by atoms with Crippen LogP contribution >= 0.6 is 23.1 Å². The van der Waals surface area contributed by atoms with Gasteiger partial charge in [0.1, 0.15) is 0 Å². The molecule has 0 aliphatic heterocycles. The number of aryl methyl sites for hydroxylation is 1. The zero-order valence-electron chi connectivity index (χ0n) is 9.53. The molecule has 1 N–H and O–H groups in total. The molecule has 1 unspecified atom stereocenters. The standard InChI is InChI=1S/C12H20OS2/c1-3-7-14-9-10(13)8-12-6-5-11(4-2)15-12/h5-6,10,13H,3-4,7-9H2,1-2H3. The first-order chi connectivity index (χ1) is 7.26. The second-order valence-corrected chi connectivity index (χ2v) is 6.06. The zero-order chi connectivity index (χ0) is 11.1. The molecule has 0 fully saturated rings. The monoisotopic (exact) mass is 244 g/mol. The number of rotatable bonds is 7. The topological polar surface area (TPSA) is 20.2 Å². The highest BCUT2D eigenvalue weighted by Gasteiger charge is 2.07. The largest absolute Gasteiger partial charge is 0.392 e. The van der Waals surface area contributed by atoms with E-state index in [1.54, 1.807) is 0 Å². The molecular formula is C12H20OS2. The molecule has 1 heterocycles. The molecule has 15 heavy (non-hydrogen) atoms. The summed E-state index contributed by atoms with van der Waals surface area (Å²) in [6.07, 6.45) is 2.94. The summed E-state index contributed by atoms with van der Waals surface area (Å²) in [6.45, 7) is 4.34. The maximum atomic E-state index is 9.80. The van der Waals surface area contributed by atoms with Crippen LogP contribution in [-0.2, 0) is 12.8 Å². The van der Waals surface area contributed by atoms with E-state index in [1.807, 2.05) is 23.1 Å². The molecular weight excluding hydrogens is 224 g/mol. The van der Waals surface area contributed by atoms with Crippen molar-refractivity contribution in [3.8, 4) is 0 Å². The molecule has 0 bridgehead atoms. The molecule has 1 aromatic rings. The molecule has 0 saturated carbocycles. The normalized spacial score (nSPS) is 13.0. The second kappa shape index (κ2) is 7.31. The molecule has 1 rings (SSSR count). The van der Waals surface area contributed by atoms with E-state index in [2.05, 4.69) is 26.0 Å². The maximum Gasteiger partial charge on any atom is 0.0678 e. The summed E-state index contributed by atoms with van der Waals surface area (Å²) < 4.78 is 0. The van der Waals surface area contributed by atoms with Gasteiger partial charge in [-0.1, -0.05) is 13.8 Å². The molecule has 1 nitrogen and oxygen atoms in total. The van der Waals surface area contributed by atoms with Crippen LogP contribution in [0.2, 0.25) is 0 Å². The lowest BCUT2D eigenvalue weighted by Gasteiger charge is -2.07. The van der Waals surface area contributed by atoms with Crippen LogP contribution in [-0.4, -0.2) is 22.7 Å². The van der Waals surface area contributed by atoms with Crippen LogP contribution in [0.25, 0.3) is 0 Å². The molecule has 86 valence electrons. The molecule has 0 radical (unpaired) electrons. The average molecular weight is 244 g/mol. The molecule has 0 aromatic carbocycles. The minimum Gasteiger partial charge on any atom is -0.392 e. The summed E-state index contributed by atoms with van der Waals surface area (Å²) in [6, 6.07) is 4.32. The summed E-state index contributed by atoms with van der Waals surface area (Å²) >= 11 is 3.68. The summed E-state index contributed by atoms with van der Waals surface area (Å²) in [4.78, 5) is 2.73. The van der Waals surface area contributed by atoms with E-state index >= 15 is 0 Å². The van der Waals surface area contributed by atoms with Crippen LogP contribution in [0.4, 0.5) is 0 Å². The average Bonchev–Trinajstić information content (AvgIpc) is 2.66. The van der Waals surface area contributed by atoms with Crippen molar-refractivity contribution in [2.24, 2.45) is 0 Å². The Morgan fingerprint density at radius 3 is 2.67 bits per heavy atom. The number of aliphatic hydroxyl groups is 1. The van der Waals surface area contributed by atoms with Gasteiger partial charge < -0.3 is 5.11 Å². The van der Waals surface area contributed by atoms with E-state index in [0.29, 0.717) is 0 Å². The van der Waals surface area contributed by atoms with E-state index in [9.17, 15) is 5.11 Å². The maximum absolute atomic E-state index is 9.80. The van der Waals surface area contributed by atoms with Gasteiger partial charge in [-0.25, -0.2) is 0 Å². The Balaban J connectivity index is 2.27. The molecule has 0 spiro atoms. The molecule has 0 saturated heterocycles. The molecule has 0 aliphatic rings. The summed E-state index contributed by atoms with van der Waals surface area (Å²) in [7, 11) is 0. The van der Waals surface area contributed by atoms with Gasteiger partial charge in [0, 0.05) is 21.9 Å². The number of thiophene rings is 1. The van der Waals surface area contributed by atoms with Crippen LogP contribution in [0.5, 0.6) is 0 Å². The summed E-state index contributed by atoms with van der Waals surface area (Å²) in [5.41, 5.74) is 0. The van der Waals surface area contributed by atoms with Gasteiger partial charge in [0.15, 0.2) is 0 Å². The Kier molecular flexibility index (Phi) is 6.37. The van der Waals surface area contributed by atoms with Crippen molar-refractivity contribution in [3.63, 3.8) is 0 Å². The fourth-order valence-corrected chi connectivity index (χ4v) is 3.25. The number of hydrogen-bond acceptors (Lipinski definition) is 3. The van der Waals surface area contributed by atoms with Crippen molar-refractivity contribution in [3.05, 3.63) is 21.9 Å². The molecule has 1 aromatic heterocycles. The van der Waals surface area contributed by atoms with Crippen LogP contribution in [0, 0.1) is 0 Å². The minimum absolute atomic E-state index is 0.176. The second-order valence-electron chi connectivity index (χ2n) is 3.65. The van der Waals surface area contributed by atoms with Gasteiger partial charge in [-0.2, -0.15) is 11.8 Å². The number of thioether (sulfide) groups is 1. The van der Waals surface area contributed by atoms with E-state index < -0.39 is 0 Å². The van der Waals surface area contributed by atoms with Gasteiger partial charge in [-0.3, -0.25) is 0 Å². The lowest BCUT2D eigenvalue weighted by Crippen LogP contribution is -2.12. The fourth-order valence-electron chi connectivity index (χ4n) is 1.38. The van der Waals surface area contributed by atoms with Gasteiger partial charge >= 0.3 is 0 Å². The predicted octanol–water partition coefficient (Wildman–Crippen LogP) is 3.36. The quantitative estimate of drug-likeness (QED) is 0.742. The van der Waals surface area contributed by atoms with Crippen molar-refractivity contribution >= 4 is 23.1 Å². The smallest absolute Gasteiger partial charge is 0.0678 e. The van der Waals surface area contributed by atoms with Crippen molar-refractivity contribution in [2.75, 3.05) is 11.5 Å². The highest BCUT2D eigenvalue weighted by molar-refractivity contribution is 7.99. The lowest BCUT2D eigenvalue weighted by molar-refractivity contribution is 0.201. The van der Waals surface area contributed by atoms with Gasteiger partial charge in [0.05, 0.1) is 6.10 Å². The number of aliphatic hydroxyl groups excluding tert-OH is 1. The third-order valence-corrected chi connectivity index (χ3v) is 4.73. The van der Waals surface area contributed by atoms with Gasteiger partial charge in [-0.15, -0.1) is 11.3 Å². The van der Waals surface area contributed by atoms with Gasteiger partial charge in [-0.05, 0) is 30.7 Å². The van der Waals surface area contributed by atoms with Crippen LogP contribution < -0.4 is 0 Å². The van der Waals surface area contributed by atoms with Crippen molar-refractivity contribution in [1.82, 2.24) is 0 Å². The fraction of sp³-hybridized carbons (Fsp3) is 0.667. The highest BCUT2D eigenvalue weighted by atomic mass is 32.2. The van der Waals surface area contributed by atoms with Gasteiger partial charge in [0.25, 0.3) is 0 Å². The first-order valence-electron chi connectivity index (χ1n) is 5.59. The van der Waals surface area contributed by atoms with E-state index in [-0.39, 0.29) is 6.10 Å². The molecule has 3 heteroatoms. The molecule has 0 aliphatic carbocycles. The Labute approximate surface area is 101 Å². The number of hydrogen-bond donors (Lipinski definition) is 1. The van der Waals surface area contributed by atoms with Gasteiger partial charge in [0.2, 0.25) is 0 Å². The Morgan fingerprint density at radius 2 is 2.07 bits per heavy atom. The van der Waals surface area contributed by atoms with Crippen molar-refractivity contribution in [2.45, 2.75) is 39.2 Å². The highest BCUT2D eigenvalue weighted by Crippen LogP contribution is 2.19. The molecule has 1 atom stereocenters. The first-order valence-corrected chi connectivity index (χ1v) is 7.56. The molecule has 0 amide bonds. The Morgan fingerprint density at radius 1 is 1.33 bits per heavy atom. The third-order valence-electron chi connectivity index (χ3n) is 2.16. The van der Waals surface area contributed by atoms with E-state index in [4.69, 9.17) is 0 Å². The SMILES string of the molecule is CCCSCC(O)Cc1ccc(CC)s1. The summed E-state index contributed by atoms with van der Waals surface area (Å²) in [5, 5.41) is 9.80. The minimum atomic E-state index is -0.176. The zero-order valence-corrected chi connectivity index (χ0v) is 11.2. The van der Waals surface area contributed by atoms with E-state index in [1.165, 1.54) is 16.2 Å². The van der Waals surface area contributed by atoms with Crippen molar-refractivity contribution < 1.29 is 5.11 Å². The van der Waals surface area contributed by atoms with Crippen molar-refractivity contribution in [1.29, 1.82) is 0 Å². The van der Waals surface area contributed by atoms with Crippen LogP contribution in [0.3, 0.4) is 0 Å². The van der Waals surface area contributed by atoms with Crippen LogP contribution in [0.15, 0.2) is 12.1 Å². The summed E-state index contributed by atoms with van der Waals surface area (Å²) in [5.74, 6) is 2.02. The van der Waals surface area contributed by atoms with E-state index in [0.717, 1.165) is 24.3 Å². The Bertz CT molecular complexity index is 270. The first kappa shape index (κ1) is 13.1. The van der Waals surface area contributed by atoms with Crippen LogP contribution in [0.1, 0.15) is 30.0 Å².